The van der Waals surface area contributed by atoms with Crippen LogP contribution < -0.4 is 82.7 Å². The fraction of sp³-hybridized carbons (Fsp3) is 0.771. The highest BCUT2D eigenvalue weighted by atomic mass is 16.2. The molecule has 0 aliphatic carbocycles. The van der Waals surface area contributed by atoms with Gasteiger partial charge in [-0.1, -0.05) is 41.5 Å². The lowest BCUT2D eigenvalue weighted by Gasteiger charge is -2.26. The molecule has 0 saturated heterocycles. The molecule has 0 aromatic carbocycles. The summed E-state index contributed by atoms with van der Waals surface area (Å²) in [7, 11) is 0. The summed E-state index contributed by atoms with van der Waals surface area (Å²) in [5, 5.41) is 22.5. The van der Waals surface area contributed by atoms with Crippen molar-refractivity contribution in [1.82, 2.24) is 42.5 Å². The van der Waals surface area contributed by atoms with Gasteiger partial charge in [0.05, 0.1) is 74.0 Å². The predicted molar refractivity (Wildman–Crippen MR) is 279 cm³/mol. The number of hydrogen-bond acceptors (Lipinski definition) is 22. The van der Waals surface area contributed by atoms with Gasteiger partial charge in [0, 0.05) is 19.5 Å². The monoisotopic (exact) mass is 1050 g/mol. The molecule has 0 unspecified atom stereocenters. The predicted octanol–water partition coefficient (Wildman–Crippen LogP) is -5.03. The first-order valence-electron chi connectivity index (χ1n) is 25.6. The Kier molecular flexibility index (Phi) is 34.5. The van der Waals surface area contributed by atoms with E-state index in [0.29, 0.717) is 32.2 Å². The molecule has 0 radical (unpaired) electrons. The van der Waals surface area contributed by atoms with E-state index in [4.69, 9.17) is 40.1 Å². The van der Waals surface area contributed by atoms with E-state index < -0.39 is 132 Å². The number of ketones is 7. The highest BCUT2D eigenvalue weighted by Gasteiger charge is 2.37. The number of carbonyl (C=O) groups is 11. The van der Waals surface area contributed by atoms with Crippen molar-refractivity contribution in [3.8, 4) is 0 Å². The lowest BCUT2D eigenvalue weighted by Crippen LogP contribution is -2.57. The third-order valence-electron chi connectivity index (χ3n) is 12.1. The SMILES string of the molecule is CC(C)C[C@H](NCN[C@@H](C)C(=O)CN[C@@H](CCC(N)=O)C(=O)C(=O)[C@H](CCCCN)NC(=O)[C@@H](NCC(=O)[C@H](C)NCC(=O)[C@@H](N)CCCNC(N)N)C(C)C)C(=O)C(=O)[C@@H](NC(=O)[C@@H](N)CCC(N)=O)C(C)C. The molecule has 0 aliphatic rings. The van der Waals surface area contributed by atoms with Crippen LogP contribution in [0.15, 0.2) is 0 Å². The van der Waals surface area contributed by atoms with Gasteiger partial charge in [-0.25, -0.2) is 0 Å². The summed E-state index contributed by atoms with van der Waals surface area (Å²) in [4.78, 5) is 144. The molecule has 0 aliphatic heterocycles. The Morgan fingerprint density at radius 2 is 0.973 bits per heavy atom. The van der Waals surface area contributed by atoms with Gasteiger partial charge >= 0.3 is 0 Å². The van der Waals surface area contributed by atoms with Gasteiger partial charge in [0.1, 0.15) is 6.29 Å². The highest BCUT2D eigenvalue weighted by Crippen LogP contribution is 2.13. The minimum Gasteiger partial charge on any atom is -0.370 e. The molecule has 0 saturated carbocycles. The van der Waals surface area contributed by atoms with Gasteiger partial charge in [-0.15, -0.1) is 0 Å². The summed E-state index contributed by atoms with van der Waals surface area (Å²) >= 11 is 0. The zero-order valence-corrected chi connectivity index (χ0v) is 44.9. The van der Waals surface area contributed by atoms with Crippen LogP contribution in [0, 0.1) is 17.8 Å². The molecule has 424 valence electrons. The summed E-state index contributed by atoms with van der Waals surface area (Å²) < 4.78 is 0. The fourth-order valence-electron chi connectivity index (χ4n) is 7.35. The number of primary amides is 2. The van der Waals surface area contributed by atoms with Crippen LogP contribution in [0.2, 0.25) is 0 Å². The molecule has 0 heterocycles. The molecule has 0 fully saturated rings. The topological polar surface area (TPSA) is 466 Å². The summed E-state index contributed by atoms with van der Waals surface area (Å²) in [5.41, 5.74) is 39.0. The summed E-state index contributed by atoms with van der Waals surface area (Å²) in [6.45, 7) is 13.2. The zero-order chi connectivity index (χ0) is 56.8. The van der Waals surface area contributed by atoms with E-state index >= 15 is 0 Å². The standard InChI is InChI=1S/C48H91N15O11/c1-25(2)20-34(44(71)45(72)40(26(3)4)63-46(73)31(51)14-16-38(52)67)61-24-60-29(8)35(64)21-58-32(15-17-39(53)68)42(69)43(70)33(13-9-10-18-49)62-47(74)41(27(5)6)59-22-36(65)28(7)57-23-37(66)30(50)12-11-19-56-48(54)55/h25-34,40-41,48,56-61H,9-24,49-51,54-55H2,1-8H3,(H2,52,67)(H2,53,68)(H,62,74)(H,63,73)/t28-,29-,30-,31-,32-,33-,34-,40-,41-/m0/s1. The maximum absolute atomic E-state index is 14.0. The Bertz CT molecular complexity index is 1850. The first kappa shape index (κ1) is 69.1. The highest BCUT2D eigenvalue weighted by molar-refractivity contribution is 6.42. The van der Waals surface area contributed by atoms with Crippen molar-refractivity contribution in [3.05, 3.63) is 0 Å². The van der Waals surface area contributed by atoms with Gasteiger partial charge in [-0.05, 0) is 96.1 Å². The smallest absolute Gasteiger partial charge is 0.238 e. The molecular weight excluding hydrogens is 963 g/mol. The van der Waals surface area contributed by atoms with Crippen molar-refractivity contribution < 1.29 is 52.7 Å². The third-order valence-corrected chi connectivity index (χ3v) is 12.1. The Morgan fingerprint density at radius 3 is 1.51 bits per heavy atom. The molecule has 74 heavy (non-hydrogen) atoms. The number of nitrogens with two attached hydrogens (primary N) is 7. The summed E-state index contributed by atoms with van der Waals surface area (Å²) in [5.74, 6) is -8.63. The molecule has 9 atom stereocenters. The van der Waals surface area contributed by atoms with Gasteiger partial charge in [0.2, 0.25) is 46.8 Å². The number of rotatable bonds is 45. The minimum atomic E-state index is -1.37. The third kappa shape index (κ3) is 28.1. The van der Waals surface area contributed by atoms with Crippen molar-refractivity contribution in [2.24, 2.45) is 57.9 Å². The van der Waals surface area contributed by atoms with E-state index in [0.717, 1.165) is 0 Å². The molecule has 0 aromatic heterocycles. The molecule has 0 spiro atoms. The van der Waals surface area contributed by atoms with Crippen molar-refractivity contribution in [3.63, 3.8) is 0 Å². The van der Waals surface area contributed by atoms with Crippen LogP contribution in [0.5, 0.6) is 0 Å². The number of hydrogen-bond donors (Lipinski definition) is 15. The summed E-state index contributed by atoms with van der Waals surface area (Å²) in [6.07, 6.45) is 0.507. The molecule has 26 heteroatoms. The molecule has 0 aromatic rings. The summed E-state index contributed by atoms with van der Waals surface area (Å²) in [6, 6.07) is -9.57. The van der Waals surface area contributed by atoms with E-state index in [2.05, 4.69) is 42.5 Å². The van der Waals surface area contributed by atoms with E-state index in [1.54, 1.807) is 34.6 Å². The van der Waals surface area contributed by atoms with Crippen molar-refractivity contribution >= 4 is 64.1 Å². The molecule has 26 nitrogen and oxygen atoms in total. The molecule has 0 bridgehead atoms. The zero-order valence-electron chi connectivity index (χ0n) is 44.9. The Morgan fingerprint density at radius 1 is 0.446 bits per heavy atom. The van der Waals surface area contributed by atoms with Gasteiger partial charge in [-0.2, -0.15) is 0 Å². The Labute approximate surface area is 435 Å². The number of nitrogens with one attached hydrogen (secondary N) is 8. The second-order valence-electron chi connectivity index (χ2n) is 19.9. The van der Waals surface area contributed by atoms with Crippen LogP contribution in [0.25, 0.3) is 0 Å². The molecule has 22 N–H and O–H groups in total. The van der Waals surface area contributed by atoms with Gasteiger partial charge in [0.25, 0.3) is 0 Å². The van der Waals surface area contributed by atoms with Crippen LogP contribution in [-0.4, -0.2) is 164 Å². The average Bonchev–Trinajstić information content (AvgIpc) is 3.32. The quantitative estimate of drug-likeness (QED) is 0.0154. The van der Waals surface area contributed by atoms with Crippen molar-refractivity contribution in [1.29, 1.82) is 0 Å². The van der Waals surface area contributed by atoms with Crippen LogP contribution in [0.3, 0.4) is 0 Å². The number of amides is 4. The van der Waals surface area contributed by atoms with Gasteiger partial charge in [0.15, 0.2) is 17.3 Å². The second-order valence-corrected chi connectivity index (χ2v) is 19.9. The van der Waals surface area contributed by atoms with E-state index in [-0.39, 0.29) is 82.3 Å². The van der Waals surface area contributed by atoms with Crippen LogP contribution in [0.1, 0.15) is 120 Å². The molecular formula is C48H91N15O11. The van der Waals surface area contributed by atoms with E-state index in [9.17, 15) is 52.7 Å². The number of carbonyl (C=O) groups excluding carboxylic acids is 11. The van der Waals surface area contributed by atoms with E-state index in [1.165, 1.54) is 6.92 Å². The molecule has 0 rings (SSSR count). The van der Waals surface area contributed by atoms with Crippen LogP contribution >= 0.6 is 0 Å². The van der Waals surface area contributed by atoms with Gasteiger partial charge < -0.3 is 61.4 Å². The maximum Gasteiger partial charge on any atom is 0.238 e. The second kappa shape index (κ2) is 37.0. The largest absolute Gasteiger partial charge is 0.370 e. The number of unbranched alkanes of at least 4 members (excludes halogenated alkanes) is 1. The fourth-order valence-corrected chi connectivity index (χ4v) is 7.35. The molecule has 4 amide bonds. The van der Waals surface area contributed by atoms with Crippen molar-refractivity contribution in [2.75, 3.05) is 39.4 Å². The van der Waals surface area contributed by atoms with Gasteiger partial charge in [-0.3, -0.25) is 74.0 Å². The minimum absolute atomic E-state index is 0.0200. The van der Waals surface area contributed by atoms with Crippen molar-refractivity contribution in [2.45, 2.75) is 180 Å². The normalized spacial score (nSPS) is 15.4. The maximum atomic E-state index is 14.0. The Balaban J connectivity index is 5.89. The first-order chi connectivity index (χ1) is 34.5. The Hall–Kier alpha value is -4.87. The van der Waals surface area contributed by atoms with Crippen LogP contribution in [-0.2, 0) is 52.7 Å². The van der Waals surface area contributed by atoms with E-state index in [1.807, 2.05) is 13.8 Å². The number of Topliss-reactive ketones (excluding diaryl/α,β-unsaturated/α-hetero) is 7. The lowest BCUT2D eigenvalue weighted by atomic mass is 9.91. The average molecular weight is 1050 g/mol. The lowest BCUT2D eigenvalue weighted by molar-refractivity contribution is -0.141. The first-order valence-corrected chi connectivity index (χ1v) is 25.6. The van der Waals surface area contributed by atoms with Crippen LogP contribution in [0.4, 0.5) is 0 Å².